The molecule has 1 aliphatic rings. The molecule has 0 fully saturated rings. The van der Waals surface area contributed by atoms with Crippen molar-refractivity contribution >= 4 is 11.7 Å². The van der Waals surface area contributed by atoms with Crippen molar-refractivity contribution < 1.29 is 4.79 Å². The summed E-state index contributed by atoms with van der Waals surface area (Å²) < 4.78 is 1.68. The van der Waals surface area contributed by atoms with Gasteiger partial charge in [0, 0.05) is 17.9 Å². The minimum absolute atomic E-state index is 0.0355. The van der Waals surface area contributed by atoms with Crippen LogP contribution in [0.2, 0.25) is 0 Å². The lowest BCUT2D eigenvalue weighted by Gasteiger charge is -2.12. The molecule has 23 heavy (non-hydrogen) atoms. The molecule has 1 aliphatic carbocycles. The Morgan fingerprint density at radius 1 is 1.30 bits per heavy atom. The van der Waals surface area contributed by atoms with E-state index < -0.39 is 0 Å². The molecule has 0 spiro atoms. The van der Waals surface area contributed by atoms with Crippen LogP contribution in [0.5, 0.6) is 0 Å². The summed E-state index contributed by atoms with van der Waals surface area (Å²) in [4.78, 5) is 20.7. The SMILES string of the molecule is Cc1cc(C)n2nc(CC(=O)NCCC3=CCCCC3)nc2n1. The summed E-state index contributed by atoms with van der Waals surface area (Å²) in [6.45, 7) is 4.57. The van der Waals surface area contributed by atoms with Gasteiger partial charge in [-0.25, -0.2) is 9.50 Å². The normalized spacial score (nSPS) is 14.8. The average molecular weight is 313 g/mol. The maximum Gasteiger partial charge on any atom is 0.252 e. The molecule has 0 saturated carbocycles. The van der Waals surface area contributed by atoms with Gasteiger partial charge in [-0.15, -0.1) is 5.10 Å². The molecule has 1 amide bonds. The van der Waals surface area contributed by atoms with Crippen molar-refractivity contribution in [3.8, 4) is 0 Å². The zero-order chi connectivity index (χ0) is 16.2. The Balaban J connectivity index is 1.55. The van der Waals surface area contributed by atoms with Gasteiger partial charge in [0.05, 0.1) is 6.42 Å². The van der Waals surface area contributed by atoms with Crippen molar-refractivity contribution in [2.75, 3.05) is 6.54 Å². The maximum atomic E-state index is 12.0. The van der Waals surface area contributed by atoms with Gasteiger partial charge in [-0.2, -0.15) is 4.98 Å². The number of aryl methyl sites for hydroxylation is 2. The number of allylic oxidation sites excluding steroid dienone is 1. The number of hydrogen-bond acceptors (Lipinski definition) is 4. The van der Waals surface area contributed by atoms with E-state index in [1.807, 2.05) is 19.9 Å². The lowest BCUT2D eigenvalue weighted by Crippen LogP contribution is -2.27. The number of fused-ring (bicyclic) bond motifs is 1. The molecule has 0 atom stereocenters. The number of carbonyl (C=O) groups is 1. The highest BCUT2D eigenvalue weighted by Gasteiger charge is 2.12. The Kier molecular flexibility index (Phi) is 4.69. The highest BCUT2D eigenvalue weighted by molar-refractivity contribution is 5.77. The van der Waals surface area contributed by atoms with Crippen molar-refractivity contribution in [2.24, 2.45) is 0 Å². The molecular formula is C17H23N5O. The van der Waals surface area contributed by atoms with Crippen molar-refractivity contribution in [3.05, 3.63) is 34.9 Å². The van der Waals surface area contributed by atoms with Crippen LogP contribution in [0.15, 0.2) is 17.7 Å². The van der Waals surface area contributed by atoms with Gasteiger partial charge in [0.15, 0.2) is 5.82 Å². The van der Waals surface area contributed by atoms with Crippen LogP contribution in [0.25, 0.3) is 5.78 Å². The van der Waals surface area contributed by atoms with Gasteiger partial charge in [-0.05, 0) is 52.0 Å². The summed E-state index contributed by atoms with van der Waals surface area (Å²) in [5.41, 5.74) is 3.34. The largest absolute Gasteiger partial charge is 0.355 e. The van der Waals surface area contributed by atoms with Crippen LogP contribution >= 0.6 is 0 Å². The number of aromatic nitrogens is 4. The lowest BCUT2D eigenvalue weighted by atomic mass is 9.97. The van der Waals surface area contributed by atoms with Crippen LogP contribution in [-0.2, 0) is 11.2 Å². The molecular weight excluding hydrogens is 290 g/mol. The number of amides is 1. The highest BCUT2D eigenvalue weighted by Crippen LogP contribution is 2.19. The molecule has 6 heteroatoms. The summed E-state index contributed by atoms with van der Waals surface area (Å²) in [7, 11) is 0. The number of rotatable bonds is 5. The van der Waals surface area contributed by atoms with Gasteiger partial charge < -0.3 is 5.32 Å². The van der Waals surface area contributed by atoms with E-state index in [4.69, 9.17) is 0 Å². The van der Waals surface area contributed by atoms with E-state index >= 15 is 0 Å². The zero-order valence-electron chi connectivity index (χ0n) is 13.8. The Morgan fingerprint density at radius 3 is 2.96 bits per heavy atom. The van der Waals surface area contributed by atoms with Gasteiger partial charge in [0.25, 0.3) is 5.78 Å². The molecule has 0 aromatic carbocycles. The van der Waals surface area contributed by atoms with E-state index in [9.17, 15) is 4.79 Å². The first-order valence-corrected chi connectivity index (χ1v) is 8.26. The third-order valence-corrected chi connectivity index (χ3v) is 4.13. The quantitative estimate of drug-likeness (QED) is 0.860. The van der Waals surface area contributed by atoms with Crippen molar-refractivity contribution in [1.82, 2.24) is 24.9 Å². The molecule has 3 rings (SSSR count). The van der Waals surface area contributed by atoms with E-state index in [2.05, 4.69) is 26.5 Å². The molecule has 0 aliphatic heterocycles. The molecule has 0 bridgehead atoms. The molecule has 2 heterocycles. The van der Waals surface area contributed by atoms with Crippen LogP contribution in [0.4, 0.5) is 0 Å². The van der Waals surface area contributed by atoms with Crippen LogP contribution in [0.3, 0.4) is 0 Å². The van der Waals surface area contributed by atoms with Gasteiger partial charge >= 0.3 is 0 Å². The predicted molar refractivity (Wildman–Crippen MR) is 88.1 cm³/mol. The Bertz CT molecular complexity index is 747. The van der Waals surface area contributed by atoms with Crippen LogP contribution in [0, 0.1) is 13.8 Å². The summed E-state index contributed by atoms with van der Waals surface area (Å²) >= 11 is 0. The summed E-state index contributed by atoms with van der Waals surface area (Å²) in [5, 5.41) is 7.32. The second-order valence-corrected chi connectivity index (χ2v) is 6.16. The number of nitrogens with zero attached hydrogens (tertiary/aromatic N) is 4. The Morgan fingerprint density at radius 2 is 2.17 bits per heavy atom. The smallest absolute Gasteiger partial charge is 0.252 e. The third kappa shape index (κ3) is 3.94. The second-order valence-electron chi connectivity index (χ2n) is 6.16. The average Bonchev–Trinajstić information content (AvgIpc) is 2.91. The number of nitrogens with one attached hydrogen (secondary N) is 1. The fraction of sp³-hybridized carbons (Fsp3) is 0.529. The predicted octanol–water partition coefficient (Wildman–Crippen LogP) is 2.29. The maximum absolute atomic E-state index is 12.0. The third-order valence-electron chi connectivity index (χ3n) is 4.13. The fourth-order valence-corrected chi connectivity index (χ4v) is 2.98. The van der Waals surface area contributed by atoms with E-state index in [-0.39, 0.29) is 12.3 Å². The first-order chi connectivity index (χ1) is 11.1. The van der Waals surface area contributed by atoms with Crippen molar-refractivity contribution in [3.63, 3.8) is 0 Å². The van der Waals surface area contributed by atoms with E-state index in [0.29, 0.717) is 18.1 Å². The van der Waals surface area contributed by atoms with Gasteiger partial charge in [0.2, 0.25) is 5.91 Å². The summed E-state index contributed by atoms with van der Waals surface area (Å²) in [6, 6.07) is 1.95. The Hall–Kier alpha value is -2.24. The topological polar surface area (TPSA) is 72.2 Å². The summed E-state index contributed by atoms with van der Waals surface area (Å²) in [5.74, 6) is 1.03. The molecule has 2 aromatic rings. The van der Waals surface area contributed by atoms with Crippen molar-refractivity contribution in [2.45, 2.75) is 52.4 Å². The molecule has 1 N–H and O–H groups in total. The van der Waals surface area contributed by atoms with Crippen LogP contribution < -0.4 is 5.32 Å². The monoisotopic (exact) mass is 313 g/mol. The van der Waals surface area contributed by atoms with E-state index in [0.717, 1.165) is 17.8 Å². The molecule has 0 unspecified atom stereocenters. The first-order valence-electron chi connectivity index (χ1n) is 8.26. The minimum atomic E-state index is -0.0355. The molecule has 6 nitrogen and oxygen atoms in total. The van der Waals surface area contributed by atoms with Crippen LogP contribution in [-0.4, -0.2) is 32.0 Å². The fourth-order valence-electron chi connectivity index (χ4n) is 2.98. The Labute approximate surface area is 136 Å². The number of hydrogen-bond donors (Lipinski definition) is 1. The highest BCUT2D eigenvalue weighted by atomic mass is 16.1. The van der Waals surface area contributed by atoms with E-state index in [1.54, 1.807) is 4.52 Å². The van der Waals surface area contributed by atoms with Crippen LogP contribution in [0.1, 0.15) is 49.3 Å². The van der Waals surface area contributed by atoms with Gasteiger partial charge in [-0.3, -0.25) is 4.79 Å². The van der Waals surface area contributed by atoms with Crippen molar-refractivity contribution in [1.29, 1.82) is 0 Å². The van der Waals surface area contributed by atoms with Gasteiger partial charge in [0.1, 0.15) is 0 Å². The molecule has 0 radical (unpaired) electrons. The standard InChI is InChI=1S/C17H23N5O/c1-12-10-13(2)22-17(19-12)20-15(21-22)11-16(23)18-9-8-14-6-4-3-5-7-14/h6,10H,3-5,7-9,11H2,1-2H3,(H,18,23). The minimum Gasteiger partial charge on any atom is -0.355 e. The molecule has 122 valence electrons. The number of carbonyl (C=O) groups excluding carboxylic acids is 1. The first kappa shape index (κ1) is 15.6. The lowest BCUT2D eigenvalue weighted by molar-refractivity contribution is -0.120. The molecule has 0 saturated heterocycles. The molecule has 2 aromatic heterocycles. The summed E-state index contributed by atoms with van der Waals surface area (Å²) in [6.07, 6.45) is 8.38. The second kappa shape index (κ2) is 6.89. The van der Waals surface area contributed by atoms with E-state index in [1.165, 1.54) is 31.3 Å². The zero-order valence-corrected chi connectivity index (χ0v) is 13.8. The van der Waals surface area contributed by atoms with Gasteiger partial charge in [-0.1, -0.05) is 11.6 Å².